The first-order valence-electron chi connectivity index (χ1n) is 6.14. The van der Waals surface area contributed by atoms with Gasteiger partial charge in [-0.05, 0) is 17.5 Å². The average molecular weight is 280 g/mol. The summed E-state index contributed by atoms with van der Waals surface area (Å²) in [4.78, 5) is 23.0. The molecular weight excluding hydrogens is 260 g/mol. The molecule has 1 rings (SSSR count). The third-order valence-corrected chi connectivity index (χ3v) is 2.91. The van der Waals surface area contributed by atoms with Crippen LogP contribution in [0.1, 0.15) is 31.1 Å². The van der Waals surface area contributed by atoms with Crippen LogP contribution in [0.2, 0.25) is 0 Å². The molecule has 6 heteroatoms. The van der Waals surface area contributed by atoms with Crippen LogP contribution in [0, 0.1) is 5.41 Å². The second-order valence-electron chi connectivity index (χ2n) is 5.55. The first-order chi connectivity index (χ1) is 9.16. The first kappa shape index (κ1) is 16.0. The van der Waals surface area contributed by atoms with E-state index in [0.717, 1.165) is 0 Å². The number of amides is 1. The van der Waals surface area contributed by atoms with E-state index < -0.39 is 12.0 Å². The van der Waals surface area contributed by atoms with Gasteiger partial charge in [-0.15, -0.1) is 0 Å². The number of nitrogens with two attached hydrogens (primary N) is 1. The molecule has 0 aromatic heterocycles. The molecule has 0 bridgehead atoms. The van der Waals surface area contributed by atoms with E-state index in [4.69, 9.17) is 15.6 Å². The van der Waals surface area contributed by atoms with Crippen molar-refractivity contribution in [3.05, 3.63) is 23.8 Å². The summed E-state index contributed by atoms with van der Waals surface area (Å²) in [5.41, 5.74) is 5.96. The number of anilines is 1. The van der Waals surface area contributed by atoms with Crippen molar-refractivity contribution in [2.75, 3.05) is 12.4 Å². The van der Waals surface area contributed by atoms with Gasteiger partial charge in [0.15, 0.2) is 0 Å². The molecule has 0 aliphatic rings. The van der Waals surface area contributed by atoms with Crippen LogP contribution in [-0.4, -0.2) is 30.1 Å². The second kappa shape index (κ2) is 5.92. The van der Waals surface area contributed by atoms with Crippen molar-refractivity contribution in [3.63, 3.8) is 0 Å². The van der Waals surface area contributed by atoms with Crippen molar-refractivity contribution in [2.24, 2.45) is 11.1 Å². The van der Waals surface area contributed by atoms with Crippen molar-refractivity contribution in [1.82, 2.24) is 0 Å². The van der Waals surface area contributed by atoms with Gasteiger partial charge < -0.3 is 20.9 Å². The molecule has 1 aromatic carbocycles. The number of carboxylic acids is 1. The Bertz CT molecular complexity index is 520. The number of ether oxygens (including phenoxy) is 1. The van der Waals surface area contributed by atoms with Crippen LogP contribution >= 0.6 is 0 Å². The smallest absolute Gasteiger partial charge is 0.339 e. The minimum absolute atomic E-state index is 0.0330. The molecule has 0 saturated carbocycles. The molecule has 0 spiro atoms. The molecule has 0 aliphatic carbocycles. The van der Waals surface area contributed by atoms with Crippen molar-refractivity contribution in [1.29, 1.82) is 0 Å². The zero-order chi connectivity index (χ0) is 15.5. The van der Waals surface area contributed by atoms with Crippen molar-refractivity contribution in [3.8, 4) is 5.75 Å². The highest BCUT2D eigenvalue weighted by Gasteiger charge is 2.27. The summed E-state index contributed by atoms with van der Waals surface area (Å²) < 4.78 is 4.99. The highest BCUT2D eigenvalue weighted by atomic mass is 16.5. The topological polar surface area (TPSA) is 102 Å². The first-order valence-corrected chi connectivity index (χ1v) is 6.14. The van der Waals surface area contributed by atoms with Crippen LogP contribution in [0.15, 0.2) is 18.2 Å². The Morgan fingerprint density at radius 3 is 2.40 bits per heavy atom. The quantitative estimate of drug-likeness (QED) is 0.779. The second-order valence-corrected chi connectivity index (χ2v) is 5.55. The van der Waals surface area contributed by atoms with E-state index in [2.05, 4.69) is 5.32 Å². The Morgan fingerprint density at radius 1 is 1.35 bits per heavy atom. The van der Waals surface area contributed by atoms with Gasteiger partial charge in [0, 0.05) is 11.8 Å². The van der Waals surface area contributed by atoms with Crippen LogP contribution in [0.3, 0.4) is 0 Å². The number of carboxylic acid groups (broad SMARTS) is 1. The lowest BCUT2D eigenvalue weighted by molar-refractivity contribution is -0.119. The predicted octanol–water partition coefficient (Wildman–Crippen LogP) is 1.71. The van der Waals surface area contributed by atoms with Crippen LogP contribution in [0.4, 0.5) is 5.69 Å². The lowest BCUT2D eigenvalue weighted by atomic mass is 9.87. The lowest BCUT2D eigenvalue weighted by Crippen LogP contribution is -2.45. The Morgan fingerprint density at radius 2 is 1.95 bits per heavy atom. The van der Waals surface area contributed by atoms with Gasteiger partial charge in [0.1, 0.15) is 11.3 Å². The average Bonchev–Trinajstić information content (AvgIpc) is 2.36. The number of methoxy groups -OCH3 is 1. The van der Waals surface area contributed by atoms with Crippen LogP contribution < -0.4 is 15.8 Å². The molecule has 110 valence electrons. The summed E-state index contributed by atoms with van der Waals surface area (Å²) in [6.45, 7) is 5.60. The molecule has 0 fully saturated rings. The summed E-state index contributed by atoms with van der Waals surface area (Å²) in [6, 6.07) is 3.66. The predicted molar refractivity (Wildman–Crippen MR) is 76.0 cm³/mol. The maximum Gasteiger partial charge on any atom is 0.339 e. The number of hydrogen-bond acceptors (Lipinski definition) is 4. The largest absolute Gasteiger partial charge is 0.496 e. The molecule has 1 unspecified atom stereocenters. The summed E-state index contributed by atoms with van der Waals surface area (Å²) in [6.07, 6.45) is 0. The minimum Gasteiger partial charge on any atom is -0.496 e. The standard InChI is InChI=1S/C14H20N2O4/c1-14(2,3)11(15)12(17)16-8-5-6-9(13(18)19)10(7-8)20-4/h5-7,11H,15H2,1-4H3,(H,16,17)(H,18,19). The molecule has 0 saturated heterocycles. The molecule has 6 nitrogen and oxygen atoms in total. The summed E-state index contributed by atoms with van der Waals surface area (Å²) in [5, 5.41) is 11.6. The van der Waals surface area contributed by atoms with E-state index in [9.17, 15) is 9.59 Å². The van der Waals surface area contributed by atoms with E-state index >= 15 is 0 Å². The molecule has 1 aromatic rings. The third kappa shape index (κ3) is 3.71. The number of aromatic carboxylic acids is 1. The Hall–Kier alpha value is -2.08. The number of nitrogens with one attached hydrogen (secondary N) is 1. The Balaban J connectivity index is 2.94. The van der Waals surface area contributed by atoms with Gasteiger partial charge >= 0.3 is 5.97 Å². The fraction of sp³-hybridized carbons (Fsp3) is 0.429. The zero-order valence-electron chi connectivity index (χ0n) is 12.1. The maximum absolute atomic E-state index is 12.0. The summed E-state index contributed by atoms with van der Waals surface area (Å²) >= 11 is 0. The van der Waals surface area contributed by atoms with Crippen molar-refractivity contribution >= 4 is 17.6 Å². The van der Waals surface area contributed by atoms with E-state index in [1.54, 1.807) is 0 Å². The number of hydrogen-bond donors (Lipinski definition) is 3. The Labute approximate surface area is 117 Å². The van der Waals surface area contributed by atoms with Gasteiger partial charge in [-0.3, -0.25) is 4.79 Å². The van der Waals surface area contributed by atoms with Crippen LogP contribution in [0.5, 0.6) is 5.75 Å². The number of benzene rings is 1. The van der Waals surface area contributed by atoms with Crippen molar-refractivity contribution < 1.29 is 19.4 Å². The number of rotatable bonds is 4. The normalized spacial score (nSPS) is 12.7. The minimum atomic E-state index is -1.09. The van der Waals surface area contributed by atoms with Gasteiger partial charge in [0.05, 0.1) is 13.2 Å². The van der Waals surface area contributed by atoms with Crippen LogP contribution in [0.25, 0.3) is 0 Å². The Kier molecular flexibility index (Phi) is 4.73. The molecule has 0 aliphatic heterocycles. The SMILES string of the molecule is COc1cc(NC(=O)C(N)C(C)(C)C)ccc1C(=O)O. The molecule has 0 heterocycles. The van der Waals surface area contributed by atoms with Gasteiger partial charge in [-0.1, -0.05) is 20.8 Å². The molecule has 1 amide bonds. The number of carbonyl (C=O) groups excluding carboxylic acids is 1. The monoisotopic (exact) mass is 280 g/mol. The molecule has 1 atom stereocenters. The van der Waals surface area contributed by atoms with Gasteiger partial charge in [-0.25, -0.2) is 4.79 Å². The van der Waals surface area contributed by atoms with Gasteiger partial charge in [0.2, 0.25) is 5.91 Å². The molecular formula is C14H20N2O4. The fourth-order valence-corrected chi connectivity index (χ4v) is 1.56. The molecule has 0 radical (unpaired) electrons. The molecule has 4 N–H and O–H groups in total. The number of carbonyl (C=O) groups is 2. The van der Waals surface area contributed by atoms with E-state index in [-0.39, 0.29) is 22.6 Å². The maximum atomic E-state index is 12.0. The highest BCUT2D eigenvalue weighted by Crippen LogP contribution is 2.24. The summed E-state index contributed by atoms with van der Waals surface area (Å²) in [7, 11) is 1.37. The summed E-state index contributed by atoms with van der Waals surface area (Å²) in [5.74, 6) is -1.24. The lowest BCUT2D eigenvalue weighted by Gasteiger charge is -2.25. The van der Waals surface area contributed by atoms with Crippen LogP contribution in [-0.2, 0) is 4.79 Å². The molecule has 20 heavy (non-hydrogen) atoms. The fourth-order valence-electron chi connectivity index (χ4n) is 1.56. The third-order valence-electron chi connectivity index (χ3n) is 2.91. The van der Waals surface area contributed by atoms with Gasteiger partial charge in [0.25, 0.3) is 0 Å². The van der Waals surface area contributed by atoms with Crippen molar-refractivity contribution in [2.45, 2.75) is 26.8 Å². The van der Waals surface area contributed by atoms with Gasteiger partial charge in [-0.2, -0.15) is 0 Å². The zero-order valence-corrected chi connectivity index (χ0v) is 12.1. The highest BCUT2D eigenvalue weighted by molar-refractivity contribution is 5.97. The van der Waals surface area contributed by atoms with E-state index in [1.165, 1.54) is 25.3 Å². The van der Waals surface area contributed by atoms with E-state index in [0.29, 0.717) is 5.69 Å². The van der Waals surface area contributed by atoms with E-state index in [1.807, 2.05) is 20.8 Å².